The standard InChI is InChI=1S/C23H23ClN2O3/c24-16-10-12-17(13-11-16)25-23(28)22-21(18-8-4-5-9-19(18)29-22)26-20(27)14-15-6-2-1-3-7-15/h4-5,8-13,15H,1-3,6-7,14H2,(H,25,28)(H,26,27). The minimum atomic E-state index is -0.420. The smallest absolute Gasteiger partial charge is 0.293 e. The van der Waals surface area contributed by atoms with Crippen molar-refractivity contribution in [1.82, 2.24) is 0 Å². The SMILES string of the molecule is O=C(CC1CCCCC1)Nc1c(C(=O)Nc2ccc(Cl)cc2)oc2ccccc12. The summed E-state index contributed by atoms with van der Waals surface area (Å²) in [5.41, 5.74) is 1.58. The fraction of sp³-hybridized carbons (Fsp3) is 0.304. The molecule has 1 fully saturated rings. The van der Waals surface area contributed by atoms with E-state index in [1.165, 1.54) is 19.3 Å². The number of carbonyl (C=O) groups excluding carboxylic acids is 2. The lowest BCUT2D eigenvalue weighted by molar-refractivity contribution is -0.117. The first-order valence-corrected chi connectivity index (χ1v) is 10.4. The van der Waals surface area contributed by atoms with E-state index in [0.29, 0.717) is 39.7 Å². The minimum Gasteiger partial charge on any atom is -0.449 e. The van der Waals surface area contributed by atoms with Crippen molar-refractivity contribution in [2.45, 2.75) is 38.5 Å². The van der Waals surface area contributed by atoms with Crippen LogP contribution in [-0.4, -0.2) is 11.8 Å². The highest BCUT2D eigenvalue weighted by molar-refractivity contribution is 6.30. The molecule has 0 radical (unpaired) electrons. The first-order chi connectivity index (χ1) is 14.1. The average molecular weight is 411 g/mol. The zero-order chi connectivity index (χ0) is 20.2. The Balaban J connectivity index is 1.57. The van der Waals surface area contributed by atoms with Gasteiger partial charge in [-0.25, -0.2) is 0 Å². The van der Waals surface area contributed by atoms with E-state index >= 15 is 0 Å². The van der Waals surface area contributed by atoms with Crippen LogP contribution < -0.4 is 10.6 Å². The molecule has 1 aliphatic rings. The summed E-state index contributed by atoms with van der Waals surface area (Å²) in [6.45, 7) is 0. The van der Waals surface area contributed by atoms with Crippen LogP contribution in [0.1, 0.15) is 49.1 Å². The molecular weight excluding hydrogens is 388 g/mol. The predicted molar refractivity (Wildman–Crippen MR) is 115 cm³/mol. The lowest BCUT2D eigenvalue weighted by Crippen LogP contribution is -2.20. The molecule has 0 bridgehead atoms. The summed E-state index contributed by atoms with van der Waals surface area (Å²) in [6.07, 6.45) is 6.26. The Labute approximate surface area is 174 Å². The van der Waals surface area contributed by atoms with Gasteiger partial charge in [0.2, 0.25) is 11.7 Å². The van der Waals surface area contributed by atoms with Gasteiger partial charge in [-0.3, -0.25) is 9.59 Å². The molecule has 0 saturated heterocycles. The van der Waals surface area contributed by atoms with Gasteiger partial charge in [0.1, 0.15) is 11.3 Å². The summed E-state index contributed by atoms with van der Waals surface area (Å²) in [6, 6.07) is 14.1. The summed E-state index contributed by atoms with van der Waals surface area (Å²) in [7, 11) is 0. The van der Waals surface area contributed by atoms with Crippen LogP contribution >= 0.6 is 11.6 Å². The van der Waals surface area contributed by atoms with Gasteiger partial charge < -0.3 is 15.1 Å². The molecule has 1 aromatic heterocycles. The van der Waals surface area contributed by atoms with Crippen molar-refractivity contribution in [3.05, 3.63) is 59.3 Å². The maximum atomic E-state index is 12.9. The molecule has 2 N–H and O–H groups in total. The monoisotopic (exact) mass is 410 g/mol. The average Bonchev–Trinajstić information content (AvgIpc) is 3.09. The third-order valence-electron chi connectivity index (χ3n) is 5.37. The van der Waals surface area contributed by atoms with E-state index in [1.807, 2.05) is 18.2 Å². The van der Waals surface area contributed by atoms with E-state index in [2.05, 4.69) is 10.6 Å². The largest absolute Gasteiger partial charge is 0.449 e. The Bertz CT molecular complexity index is 1020. The van der Waals surface area contributed by atoms with E-state index in [1.54, 1.807) is 30.3 Å². The van der Waals surface area contributed by atoms with Crippen LogP contribution in [0.15, 0.2) is 52.9 Å². The third-order valence-corrected chi connectivity index (χ3v) is 5.62. The number of carbonyl (C=O) groups is 2. The molecule has 3 aromatic rings. The molecule has 150 valence electrons. The zero-order valence-electron chi connectivity index (χ0n) is 16.0. The zero-order valence-corrected chi connectivity index (χ0v) is 16.8. The molecule has 1 saturated carbocycles. The number of para-hydroxylation sites is 1. The maximum absolute atomic E-state index is 12.9. The van der Waals surface area contributed by atoms with Crippen molar-refractivity contribution >= 4 is 45.8 Å². The van der Waals surface area contributed by atoms with Gasteiger partial charge in [0.05, 0.1) is 0 Å². The minimum absolute atomic E-state index is 0.0796. The van der Waals surface area contributed by atoms with Crippen LogP contribution in [0.2, 0.25) is 5.02 Å². The molecule has 0 spiro atoms. The van der Waals surface area contributed by atoms with E-state index in [4.69, 9.17) is 16.0 Å². The highest BCUT2D eigenvalue weighted by atomic mass is 35.5. The molecular formula is C23H23ClN2O3. The molecule has 1 aliphatic carbocycles. The Morgan fingerprint density at radius 2 is 1.69 bits per heavy atom. The van der Waals surface area contributed by atoms with Crippen LogP contribution in [0.25, 0.3) is 11.0 Å². The first-order valence-electron chi connectivity index (χ1n) is 9.98. The molecule has 5 nitrogen and oxygen atoms in total. The van der Waals surface area contributed by atoms with Crippen LogP contribution in [0.3, 0.4) is 0 Å². The Kier molecular flexibility index (Phi) is 5.86. The number of hydrogen-bond acceptors (Lipinski definition) is 3. The second-order valence-electron chi connectivity index (χ2n) is 7.52. The number of benzene rings is 2. The number of anilines is 2. The molecule has 1 heterocycles. The van der Waals surface area contributed by atoms with Gasteiger partial charge in [0.25, 0.3) is 5.91 Å². The van der Waals surface area contributed by atoms with Crippen molar-refractivity contribution in [1.29, 1.82) is 0 Å². The fourth-order valence-corrected chi connectivity index (χ4v) is 4.02. The summed E-state index contributed by atoms with van der Waals surface area (Å²) in [4.78, 5) is 25.6. The van der Waals surface area contributed by atoms with Crippen LogP contribution in [-0.2, 0) is 4.79 Å². The predicted octanol–water partition coefficient (Wildman–Crippen LogP) is 6.25. The van der Waals surface area contributed by atoms with Crippen LogP contribution in [0.5, 0.6) is 0 Å². The third kappa shape index (κ3) is 4.62. The van der Waals surface area contributed by atoms with Gasteiger partial charge in [0.15, 0.2) is 0 Å². The van der Waals surface area contributed by atoms with Crippen molar-refractivity contribution in [3.63, 3.8) is 0 Å². The van der Waals surface area contributed by atoms with E-state index in [-0.39, 0.29) is 11.7 Å². The molecule has 6 heteroatoms. The van der Waals surface area contributed by atoms with Crippen molar-refractivity contribution in [2.24, 2.45) is 5.92 Å². The number of rotatable bonds is 5. The number of nitrogens with one attached hydrogen (secondary N) is 2. The molecule has 0 atom stereocenters. The summed E-state index contributed by atoms with van der Waals surface area (Å²) in [5, 5.41) is 7.04. The number of furan rings is 1. The maximum Gasteiger partial charge on any atom is 0.293 e. The van der Waals surface area contributed by atoms with Crippen molar-refractivity contribution < 1.29 is 14.0 Å². The second kappa shape index (κ2) is 8.70. The summed E-state index contributed by atoms with van der Waals surface area (Å²) in [5.74, 6) is 0.00638. The van der Waals surface area contributed by atoms with Gasteiger partial charge in [-0.15, -0.1) is 0 Å². The summed E-state index contributed by atoms with van der Waals surface area (Å²) < 4.78 is 5.79. The van der Waals surface area contributed by atoms with Crippen LogP contribution in [0, 0.1) is 5.92 Å². The fourth-order valence-electron chi connectivity index (χ4n) is 3.89. The first kappa shape index (κ1) is 19.5. The van der Waals surface area contributed by atoms with E-state index in [9.17, 15) is 9.59 Å². The molecule has 0 aliphatic heterocycles. The van der Waals surface area contributed by atoms with Gasteiger partial charge in [0, 0.05) is 22.5 Å². The quantitative estimate of drug-likeness (QED) is 0.522. The van der Waals surface area contributed by atoms with Crippen LogP contribution in [0.4, 0.5) is 11.4 Å². The van der Waals surface area contributed by atoms with E-state index in [0.717, 1.165) is 12.8 Å². The highest BCUT2D eigenvalue weighted by Gasteiger charge is 2.24. The van der Waals surface area contributed by atoms with Gasteiger partial charge >= 0.3 is 0 Å². The second-order valence-corrected chi connectivity index (χ2v) is 7.96. The van der Waals surface area contributed by atoms with Gasteiger partial charge in [-0.05, 0) is 55.2 Å². The molecule has 0 unspecified atom stereocenters. The summed E-state index contributed by atoms with van der Waals surface area (Å²) >= 11 is 5.90. The van der Waals surface area contributed by atoms with Crippen molar-refractivity contribution in [2.75, 3.05) is 10.6 Å². The molecule has 4 rings (SSSR count). The van der Waals surface area contributed by atoms with Crippen molar-refractivity contribution in [3.8, 4) is 0 Å². The Morgan fingerprint density at radius 3 is 2.45 bits per heavy atom. The Hall–Kier alpha value is -2.79. The molecule has 2 amide bonds. The molecule has 29 heavy (non-hydrogen) atoms. The van der Waals surface area contributed by atoms with Gasteiger partial charge in [-0.2, -0.15) is 0 Å². The lowest BCUT2D eigenvalue weighted by Gasteiger charge is -2.20. The number of hydrogen-bond donors (Lipinski definition) is 2. The highest BCUT2D eigenvalue weighted by Crippen LogP contribution is 2.33. The normalized spacial score (nSPS) is 14.7. The van der Waals surface area contributed by atoms with Gasteiger partial charge in [-0.1, -0.05) is 43.0 Å². The Morgan fingerprint density at radius 1 is 0.966 bits per heavy atom. The molecule has 2 aromatic carbocycles. The topological polar surface area (TPSA) is 71.3 Å². The number of fused-ring (bicyclic) bond motifs is 1. The lowest BCUT2D eigenvalue weighted by atomic mass is 9.87. The number of amides is 2. The van der Waals surface area contributed by atoms with E-state index < -0.39 is 5.91 Å². The number of halogens is 1.